The number of esters is 2. The summed E-state index contributed by atoms with van der Waals surface area (Å²) >= 11 is 1.64. The van der Waals surface area contributed by atoms with Crippen LogP contribution in [0.3, 0.4) is 0 Å². The molecule has 3 aromatic carbocycles. The Labute approximate surface area is 388 Å². The Hall–Kier alpha value is -3.77. The number of thioether (sulfide) groups is 1. The quantitative estimate of drug-likeness (QED) is 0.0261. The van der Waals surface area contributed by atoms with Crippen LogP contribution in [-0.4, -0.2) is 88.6 Å². The van der Waals surface area contributed by atoms with Crippen molar-refractivity contribution in [2.24, 2.45) is 13.0 Å². The van der Waals surface area contributed by atoms with E-state index in [1.807, 2.05) is 74.0 Å². The number of hydrogen-bond acceptors (Lipinski definition) is 11. The maximum absolute atomic E-state index is 14.5. The topological polar surface area (TPSA) is 117 Å². The van der Waals surface area contributed by atoms with Gasteiger partial charge in [-0.2, -0.15) is 0 Å². The van der Waals surface area contributed by atoms with Gasteiger partial charge >= 0.3 is 11.9 Å². The van der Waals surface area contributed by atoms with Crippen molar-refractivity contribution in [2.45, 2.75) is 145 Å². The molecule has 11 nitrogen and oxygen atoms in total. The minimum absolute atomic E-state index is 0.00444. The smallest absolute Gasteiger partial charge is 0.342 e. The second kappa shape index (κ2) is 21.7. The number of ether oxygens (including phenoxy) is 6. The molecule has 1 aliphatic heterocycles. The summed E-state index contributed by atoms with van der Waals surface area (Å²) < 4.78 is 46.1. The zero-order chi connectivity index (χ0) is 47.0. The van der Waals surface area contributed by atoms with Crippen molar-refractivity contribution in [2.75, 3.05) is 20.5 Å². The molecule has 6 atom stereocenters. The first-order valence-electron chi connectivity index (χ1n) is 22.5. The van der Waals surface area contributed by atoms with Crippen LogP contribution >= 0.6 is 11.8 Å². The Morgan fingerprint density at radius 1 is 0.953 bits per heavy atom. The number of nitrogens with zero attached hydrogens (tertiary/aromatic N) is 2. The van der Waals surface area contributed by atoms with Crippen molar-refractivity contribution in [1.82, 2.24) is 9.55 Å². The van der Waals surface area contributed by atoms with E-state index in [9.17, 15) is 9.59 Å². The Morgan fingerprint density at radius 2 is 1.61 bits per heavy atom. The highest BCUT2D eigenvalue weighted by atomic mass is 32.2. The summed E-state index contributed by atoms with van der Waals surface area (Å²) in [6.07, 6.45) is 4.72. The fourth-order valence-corrected chi connectivity index (χ4v) is 10.8. The molecule has 14 heteroatoms. The number of benzene rings is 3. The molecule has 0 aliphatic carbocycles. The summed E-state index contributed by atoms with van der Waals surface area (Å²) in [6.45, 7) is 26.2. The van der Waals surface area contributed by atoms with Crippen LogP contribution in [0.1, 0.15) is 92.8 Å². The van der Waals surface area contributed by atoms with Gasteiger partial charge in [0.05, 0.1) is 35.6 Å². The maximum atomic E-state index is 14.5. The monoisotopic (exact) mass is 932 g/mol. The average molecular weight is 933 g/mol. The molecular weight excluding hydrogens is 861 g/mol. The Kier molecular flexibility index (Phi) is 17.4. The van der Waals surface area contributed by atoms with Gasteiger partial charge in [-0.1, -0.05) is 89.8 Å². The molecule has 4 aromatic rings. The van der Waals surface area contributed by atoms with Gasteiger partial charge in [0.2, 0.25) is 0 Å². The maximum Gasteiger partial charge on any atom is 0.342 e. The molecule has 5 rings (SSSR count). The second-order valence-electron chi connectivity index (χ2n) is 20.1. The molecule has 1 aromatic heterocycles. The summed E-state index contributed by atoms with van der Waals surface area (Å²) in [6, 6.07) is 21.8. The number of methoxy groups -OCH3 is 1. The van der Waals surface area contributed by atoms with Gasteiger partial charge < -0.3 is 37.4 Å². The van der Waals surface area contributed by atoms with Gasteiger partial charge in [0.25, 0.3) is 0 Å². The normalized spacial score (nSPS) is 18.8. The van der Waals surface area contributed by atoms with Crippen LogP contribution in [0.4, 0.5) is 0 Å². The molecule has 0 bridgehead atoms. The van der Waals surface area contributed by atoms with Gasteiger partial charge in [-0.3, -0.25) is 0 Å². The molecule has 1 fully saturated rings. The fourth-order valence-electron chi connectivity index (χ4n) is 7.33. The minimum Gasteiger partial charge on any atom is -0.467 e. The molecule has 1 aliphatic rings. The molecule has 0 amide bonds. The van der Waals surface area contributed by atoms with Crippen molar-refractivity contribution in [1.29, 1.82) is 0 Å². The van der Waals surface area contributed by atoms with E-state index in [-0.39, 0.29) is 29.1 Å². The molecular formula is C50H72N2O9SSi2. The summed E-state index contributed by atoms with van der Waals surface area (Å²) in [4.78, 5) is 34.2. The van der Waals surface area contributed by atoms with E-state index in [0.717, 1.165) is 16.5 Å². The average Bonchev–Trinajstić information content (AvgIpc) is 3.75. The number of aryl methyl sites for hydroxylation is 1. The molecule has 1 saturated heterocycles. The van der Waals surface area contributed by atoms with Crippen LogP contribution in [0.2, 0.25) is 43.8 Å². The first-order valence-corrected chi connectivity index (χ1v) is 30.0. The molecule has 2 heterocycles. The standard InChI is InChI=1S/C50H72N2O9SSi2/c1-34(35(2)61-64(13,14)49(3,4)5)25-26-39(58-47(53)36-21-17-15-18-22-36)46-40(59-50(6,7)60-46)27-28-42(62-37-23-19-16-20-24-37)44-43(48(54)56-29-30-63(10,11)12)41(57-33-55-9)31-38-45(44)51-32-52(38)8/h15-26,31-32,34-35,39-40,42,46H,27-30,33H2,1-14H3/t34-,35+,39?,40+,42?,46+/m1/s1. The van der Waals surface area contributed by atoms with Crippen LogP contribution in [-0.2, 0) is 35.2 Å². The Morgan fingerprint density at radius 3 is 2.23 bits per heavy atom. The lowest BCUT2D eigenvalue weighted by Crippen LogP contribution is -2.44. The van der Waals surface area contributed by atoms with E-state index in [1.165, 1.54) is 0 Å². The molecule has 2 unspecified atom stereocenters. The van der Waals surface area contributed by atoms with E-state index < -0.39 is 52.4 Å². The van der Waals surface area contributed by atoms with Crippen LogP contribution in [0.5, 0.6) is 5.75 Å². The van der Waals surface area contributed by atoms with Crippen LogP contribution < -0.4 is 4.74 Å². The van der Waals surface area contributed by atoms with Crippen molar-refractivity contribution in [3.05, 3.63) is 102 Å². The number of hydrogen-bond donors (Lipinski definition) is 0. The summed E-state index contributed by atoms with van der Waals surface area (Å²) in [5, 5.41) is -0.286. The van der Waals surface area contributed by atoms with Gasteiger partial charge in [-0.05, 0) is 94.0 Å². The zero-order valence-corrected chi connectivity index (χ0v) is 43.4. The Balaban J connectivity index is 1.56. The van der Waals surface area contributed by atoms with Gasteiger partial charge in [0, 0.05) is 50.1 Å². The summed E-state index contributed by atoms with van der Waals surface area (Å²) in [7, 11) is -0.104. The number of imidazole rings is 1. The number of aromatic nitrogens is 2. The fraction of sp³-hybridized carbons (Fsp3) is 0.540. The molecule has 0 saturated carbocycles. The lowest BCUT2D eigenvalue weighted by Gasteiger charge is -2.39. The van der Waals surface area contributed by atoms with E-state index >= 15 is 0 Å². The third kappa shape index (κ3) is 13.6. The number of carbonyl (C=O) groups is 2. The zero-order valence-electron chi connectivity index (χ0n) is 40.6. The molecule has 0 N–H and O–H groups in total. The number of carbonyl (C=O) groups excluding carboxylic acids is 2. The highest BCUT2D eigenvalue weighted by Crippen LogP contribution is 2.47. The van der Waals surface area contributed by atoms with Crippen LogP contribution in [0.25, 0.3) is 11.0 Å². The second-order valence-corrected chi connectivity index (χ2v) is 31.7. The molecule has 350 valence electrons. The third-order valence-corrected chi connectivity index (χ3v) is 19.7. The summed E-state index contributed by atoms with van der Waals surface area (Å²) in [5.74, 6) is -1.54. The number of fused-ring (bicyclic) bond motifs is 1. The Bertz CT molecular complexity index is 2180. The van der Waals surface area contributed by atoms with Crippen molar-refractivity contribution in [3.8, 4) is 5.75 Å². The lowest BCUT2D eigenvalue weighted by molar-refractivity contribution is -0.153. The predicted molar refractivity (Wildman–Crippen MR) is 261 cm³/mol. The van der Waals surface area contributed by atoms with Crippen molar-refractivity contribution >= 4 is 51.1 Å². The highest BCUT2D eigenvalue weighted by Gasteiger charge is 2.47. The first kappa shape index (κ1) is 51.2. The highest BCUT2D eigenvalue weighted by molar-refractivity contribution is 7.99. The number of rotatable bonds is 21. The lowest BCUT2D eigenvalue weighted by atomic mass is 9.95. The van der Waals surface area contributed by atoms with Gasteiger partial charge in [-0.25, -0.2) is 14.6 Å². The van der Waals surface area contributed by atoms with Gasteiger partial charge in [0.1, 0.15) is 23.5 Å². The predicted octanol–water partition coefficient (Wildman–Crippen LogP) is 12.0. The largest absolute Gasteiger partial charge is 0.467 e. The first-order chi connectivity index (χ1) is 30.0. The van der Waals surface area contributed by atoms with Crippen LogP contribution in [0.15, 0.2) is 90.1 Å². The molecule has 0 radical (unpaired) electrons. The van der Waals surface area contributed by atoms with E-state index in [4.69, 9.17) is 37.8 Å². The SMILES string of the molecule is COCOc1cc2c(ncn2C)c(C(CC[C@@H]2OC(C)(C)O[C@H]2C(C=C[C@@H](C)[C@H](C)O[Si](C)(C)C(C)(C)C)OC(=O)c2ccccc2)Sc2ccccc2)c1C(=O)OCC[Si](C)(C)C. The van der Waals surface area contributed by atoms with E-state index in [0.29, 0.717) is 47.4 Å². The molecule has 64 heavy (non-hydrogen) atoms. The summed E-state index contributed by atoms with van der Waals surface area (Å²) in [5.41, 5.74) is 2.96. The van der Waals surface area contributed by atoms with E-state index in [2.05, 4.69) is 85.6 Å². The van der Waals surface area contributed by atoms with Crippen molar-refractivity contribution in [3.63, 3.8) is 0 Å². The minimum atomic E-state index is -2.06. The molecule has 0 spiro atoms. The van der Waals surface area contributed by atoms with Crippen LogP contribution in [0, 0.1) is 5.92 Å². The van der Waals surface area contributed by atoms with Crippen molar-refractivity contribution < 1.29 is 42.4 Å². The van der Waals surface area contributed by atoms with Gasteiger partial charge in [0.15, 0.2) is 20.9 Å². The van der Waals surface area contributed by atoms with E-state index in [1.54, 1.807) is 37.3 Å². The third-order valence-electron chi connectivity index (χ3n) is 12.1. The van der Waals surface area contributed by atoms with Gasteiger partial charge in [-0.15, -0.1) is 11.8 Å².